The fraction of sp³-hybridized carbons (Fsp3) is 0.429. The van der Waals surface area contributed by atoms with E-state index in [2.05, 4.69) is 34.6 Å². The molecule has 4 heteroatoms. The quantitative estimate of drug-likeness (QED) is 0.929. The molecule has 2 atom stereocenters. The first kappa shape index (κ1) is 16.1. The van der Waals surface area contributed by atoms with Crippen molar-refractivity contribution in [2.75, 3.05) is 13.6 Å². The van der Waals surface area contributed by atoms with E-state index in [1.807, 2.05) is 19.2 Å². The summed E-state index contributed by atoms with van der Waals surface area (Å²) < 4.78 is 0. The maximum absolute atomic E-state index is 12.4. The van der Waals surface area contributed by atoms with Gasteiger partial charge in [0, 0.05) is 37.9 Å². The van der Waals surface area contributed by atoms with E-state index in [1.165, 1.54) is 36.8 Å². The Morgan fingerprint density at radius 3 is 2.92 bits per heavy atom. The molecule has 2 amide bonds. The minimum atomic E-state index is 0.00274. The first-order chi connectivity index (χ1) is 12.2. The van der Waals surface area contributed by atoms with Gasteiger partial charge in [-0.15, -0.1) is 0 Å². The van der Waals surface area contributed by atoms with E-state index in [4.69, 9.17) is 0 Å². The average molecular weight is 335 g/mol. The molecule has 0 unspecified atom stereocenters. The van der Waals surface area contributed by atoms with Gasteiger partial charge in [-0.1, -0.05) is 24.3 Å². The van der Waals surface area contributed by atoms with Crippen LogP contribution in [0.3, 0.4) is 0 Å². The molecule has 0 radical (unpaired) electrons. The molecule has 130 valence electrons. The molecular formula is C21H25N3O. The normalized spacial score (nSPS) is 23.8. The Balaban J connectivity index is 1.34. The number of aryl methyl sites for hydroxylation is 1. The number of aromatic nitrogens is 1. The maximum atomic E-state index is 12.4. The third-order valence-electron chi connectivity index (χ3n) is 5.87. The van der Waals surface area contributed by atoms with E-state index in [-0.39, 0.29) is 6.03 Å². The minimum absolute atomic E-state index is 0.00274. The molecule has 2 aliphatic rings. The van der Waals surface area contributed by atoms with Crippen molar-refractivity contribution in [1.29, 1.82) is 0 Å². The molecule has 0 saturated heterocycles. The molecule has 1 saturated carbocycles. The van der Waals surface area contributed by atoms with Crippen molar-refractivity contribution in [1.82, 2.24) is 15.2 Å². The van der Waals surface area contributed by atoms with Crippen molar-refractivity contribution in [3.8, 4) is 0 Å². The zero-order valence-corrected chi connectivity index (χ0v) is 14.7. The zero-order chi connectivity index (χ0) is 17.3. The second kappa shape index (κ2) is 6.51. The van der Waals surface area contributed by atoms with E-state index in [0.29, 0.717) is 17.9 Å². The van der Waals surface area contributed by atoms with E-state index in [1.54, 1.807) is 17.3 Å². The third-order valence-corrected chi connectivity index (χ3v) is 5.87. The van der Waals surface area contributed by atoms with Gasteiger partial charge >= 0.3 is 6.03 Å². The van der Waals surface area contributed by atoms with Crippen LogP contribution in [-0.2, 0) is 18.4 Å². The number of carbonyl (C=O) groups is 1. The van der Waals surface area contributed by atoms with Crippen LogP contribution in [0.5, 0.6) is 0 Å². The van der Waals surface area contributed by atoms with E-state index in [9.17, 15) is 4.79 Å². The Bertz CT molecular complexity index is 761. The molecule has 1 spiro atoms. The molecule has 2 aromatic rings. The Kier molecular flexibility index (Phi) is 4.20. The van der Waals surface area contributed by atoms with Crippen LogP contribution in [0.25, 0.3) is 0 Å². The highest BCUT2D eigenvalue weighted by Crippen LogP contribution is 2.59. The molecule has 1 N–H and O–H groups in total. The predicted molar refractivity (Wildman–Crippen MR) is 98.3 cm³/mol. The number of nitrogens with zero attached hydrogens (tertiary/aromatic N) is 2. The number of rotatable bonds is 4. The van der Waals surface area contributed by atoms with Gasteiger partial charge in [0.1, 0.15) is 0 Å². The zero-order valence-electron chi connectivity index (χ0n) is 14.7. The van der Waals surface area contributed by atoms with Crippen LogP contribution in [0.4, 0.5) is 4.79 Å². The Morgan fingerprint density at radius 1 is 1.28 bits per heavy atom. The number of carbonyl (C=O) groups excluding carboxylic acids is 1. The molecule has 1 aromatic heterocycles. The molecule has 0 bridgehead atoms. The predicted octanol–water partition coefficient (Wildman–Crippen LogP) is 3.52. The number of hydrogen-bond donors (Lipinski definition) is 1. The summed E-state index contributed by atoms with van der Waals surface area (Å²) in [5.74, 6) is 0.576. The average Bonchev–Trinajstić information content (AvgIpc) is 3.34. The topological polar surface area (TPSA) is 45.2 Å². The Hall–Kier alpha value is -2.36. The number of fused-ring (bicyclic) bond motifs is 2. The van der Waals surface area contributed by atoms with Gasteiger partial charge in [0.05, 0.1) is 0 Å². The number of nitrogens with one attached hydrogen (secondary N) is 1. The lowest BCUT2D eigenvalue weighted by Gasteiger charge is -2.27. The van der Waals surface area contributed by atoms with Crippen LogP contribution < -0.4 is 5.32 Å². The van der Waals surface area contributed by atoms with Crippen LogP contribution in [0.1, 0.15) is 36.0 Å². The van der Waals surface area contributed by atoms with Crippen LogP contribution in [0.2, 0.25) is 0 Å². The number of hydrogen-bond acceptors (Lipinski definition) is 2. The second-order valence-electron chi connectivity index (χ2n) is 7.47. The summed E-state index contributed by atoms with van der Waals surface area (Å²) >= 11 is 0. The standard InChI is InChI=1S/C21H25N3O/c1-24(15-16-8-11-22-12-9-16)20(25)23-14-18-13-21(18)10-4-6-17-5-2-3-7-19(17)21/h2-3,5,7-9,11-12,18H,4,6,10,13-15H2,1H3,(H,23,25)/t18-,21-/m0/s1. The van der Waals surface area contributed by atoms with Gasteiger partial charge in [0.2, 0.25) is 0 Å². The molecule has 4 nitrogen and oxygen atoms in total. The second-order valence-corrected chi connectivity index (χ2v) is 7.47. The van der Waals surface area contributed by atoms with Crippen LogP contribution in [-0.4, -0.2) is 29.5 Å². The highest BCUT2D eigenvalue weighted by Gasteiger charge is 2.56. The van der Waals surface area contributed by atoms with Gasteiger partial charge < -0.3 is 10.2 Å². The van der Waals surface area contributed by atoms with E-state index < -0.39 is 0 Å². The summed E-state index contributed by atoms with van der Waals surface area (Å²) in [6, 6.07) is 12.8. The Labute approximate surface area is 149 Å². The van der Waals surface area contributed by atoms with Crippen molar-refractivity contribution in [3.05, 3.63) is 65.5 Å². The van der Waals surface area contributed by atoms with Crippen molar-refractivity contribution in [2.45, 2.75) is 37.6 Å². The summed E-state index contributed by atoms with van der Waals surface area (Å²) in [6.07, 6.45) is 8.45. The smallest absolute Gasteiger partial charge is 0.317 e. The number of amides is 2. The monoisotopic (exact) mass is 335 g/mol. The SMILES string of the molecule is CN(Cc1ccncc1)C(=O)NC[C@@H]1C[C@@]12CCCc1ccccc12. The fourth-order valence-corrected chi connectivity index (χ4v) is 4.42. The number of benzene rings is 1. The van der Waals surface area contributed by atoms with Gasteiger partial charge in [-0.2, -0.15) is 0 Å². The van der Waals surface area contributed by atoms with Gasteiger partial charge in [-0.3, -0.25) is 4.98 Å². The molecule has 2 aliphatic carbocycles. The lowest BCUT2D eigenvalue weighted by atomic mass is 9.78. The van der Waals surface area contributed by atoms with Crippen LogP contribution in [0, 0.1) is 5.92 Å². The van der Waals surface area contributed by atoms with Crippen molar-refractivity contribution < 1.29 is 4.79 Å². The summed E-state index contributed by atoms with van der Waals surface area (Å²) in [6.45, 7) is 1.38. The molecule has 1 heterocycles. The van der Waals surface area contributed by atoms with Crippen LogP contribution in [0.15, 0.2) is 48.8 Å². The summed E-state index contributed by atoms with van der Waals surface area (Å²) in [5, 5.41) is 3.14. The molecule has 25 heavy (non-hydrogen) atoms. The Morgan fingerprint density at radius 2 is 2.08 bits per heavy atom. The first-order valence-electron chi connectivity index (χ1n) is 9.15. The number of pyridine rings is 1. The molecule has 1 fully saturated rings. The minimum Gasteiger partial charge on any atom is -0.338 e. The lowest BCUT2D eigenvalue weighted by Crippen LogP contribution is -2.38. The molecule has 4 rings (SSSR count). The molecule has 1 aromatic carbocycles. The highest BCUT2D eigenvalue weighted by molar-refractivity contribution is 5.74. The summed E-state index contributed by atoms with van der Waals surface area (Å²) in [5.41, 5.74) is 4.46. The van der Waals surface area contributed by atoms with Gasteiger partial charge in [-0.25, -0.2) is 4.79 Å². The molecular weight excluding hydrogens is 310 g/mol. The summed E-state index contributed by atoms with van der Waals surface area (Å²) in [4.78, 5) is 18.1. The van der Waals surface area contributed by atoms with Crippen LogP contribution >= 0.6 is 0 Å². The van der Waals surface area contributed by atoms with E-state index in [0.717, 1.165) is 12.1 Å². The summed E-state index contributed by atoms with van der Waals surface area (Å²) in [7, 11) is 1.84. The number of urea groups is 1. The largest absolute Gasteiger partial charge is 0.338 e. The molecule has 0 aliphatic heterocycles. The lowest BCUT2D eigenvalue weighted by molar-refractivity contribution is 0.206. The van der Waals surface area contributed by atoms with Crippen molar-refractivity contribution in [3.63, 3.8) is 0 Å². The maximum Gasteiger partial charge on any atom is 0.317 e. The fourth-order valence-electron chi connectivity index (χ4n) is 4.42. The van der Waals surface area contributed by atoms with E-state index >= 15 is 0 Å². The highest BCUT2D eigenvalue weighted by atomic mass is 16.2. The van der Waals surface area contributed by atoms with Crippen molar-refractivity contribution >= 4 is 6.03 Å². The van der Waals surface area contributed by atoms with Crippen molar-refractivity contribution in [2.24, 2.45) is 5.92 Å². The van der Waals surface area contributed by atoms with Gasteiger partial charge in [0.15, 0.2) is 0 Å². The van der Waals surface area contributed by atoms with Gasteiger partial charge in [-0.05, 0) is 60.4 Å². The van der Waals surface area contributed by atoms with Gasteiger partial charge in [0.25, 0.3) is 0 Å². The first-order valence-corrected chi connectivity index (χ1v) is 9.15. The third kappa shape index (κ3) is 3.13.